The van der Waals surface area contributed by atoms with Crippen molar-refractivity contribution in [2.45, 2.75) is 39.4 Å². The molecule has 1 saturated heterocycles. The molecular weight excluding hydrogens is 344 g/mol. The molecule has 1 amide bonds. The molecule has 140 valence electrons. The molecule has 8 nitrogen and oxygen atoms in total. The molecule has 1 fully saturated rings. The molecule has 0 aromatic carbocycles. The average Bonchev–Trinajstić information content (AvgIpc) is 3.11. The second-order valence-corrected chi connectivity index (χ2v) is 6.85. The first-order valence-electron chi connectivity index (χ1n) is 9.12. The van der Waals surface area contributed by atoms with Gasteiger partial charge < -0.3 is 9.64 Å². The van der Waals surface area contributed by atoms with Gasteiger partial charge in [-0.3, -0.25) is 14.2 Å². The first kappa shape index (κ1) is 17.5. The van der Waals surface area contributed by atoms with E-state index >= 15 is 0 Å². The van der Waals surface area contributed by atoms with Gasteiger partial charge in [-0.25, -0.2) is 4.98 Å². The van der Waals surface area contributed by atoms with Crippen molar-refractivity contribution < 1.29 is 9.53 Å². The number of pyridine rings is 1. The highest BCUT2D eigenvalue weighted by Gasteiger charge is 2.28. The number of carbonyl (C=O) groups is 1. The fourth-order valence-corrected chi connectivity index (χ4v) is 3.46. The first-order chi connectivity index (χ1) is 13.1. The van der Waals surface area contributed by atoms with Crippen LogP contribution in [-0.4, -0.2) is 54.6 Å². The zero-order chi connectivity index (χ0) is 18.8. The molecule has 3 aromatic heterocycles. The largest absolute Gasteiger partial charge is 0.370 e. The number of fused-ring (bicyclic) bond motifs is 1. The van der Waals surface area contributed by atoms with Gasteiger partial charge in [0.25, 0.3) is 11.7 Å². The summed E-state index contributed by atoms with van der Waals surface area (Å²) in [6.07, 6.45) is 3.57. The molecule has 0 N–H and O–H groups in total. The highest BCUT2D eigenvalue weighted by Crippen LogP contribution is 2.18. The normalized spacial score (nSPS) is 17.4. The van der Waals surface area contributed by atoms with Gasteiger partial charge in [-0.2, -0.15) is 0 Å². The molecule has 1 aliphatic rings. The van der Waals surface area contributed by atoms with E-state index in [1.165, 1.54) is 0 Å². The maximum absolute atomic E-state index is 13.0. The topological polar surface area (TPSA) is 85.5 Å². The van der Waals surface area contributed by atoms with Gasteiger partial charge in [0.15, 0.2) is 0 Å². The SMILES string of the molecule is Cc1cc(C)n2c(C(=O)N3CCC[C@H](OCc4ccccn4)C3)nnc2n1. The molecule has 3 aromatic rings. The third-order valence-electron chi connectivity index (χ3n) is 4.74. The van der Waals surface area contributed by atoms with Gasteiger partial charge in [0, 0.05) is 30.7 Å². The summed E-state index contributed by atoms with van der Waals surface area (Å²) in [4.78, 5) is 23.5. The highest BCUT2D eigenvalue weighted by molar-refractivity contribution is 5.91. The van der Waals surface area contributed by atoms with Crippen LogP contribution >= 0.6 is 0 Å². The molecular formula is C19H22N6O2. The van der Waals surface area contributed by atoms with Gasteiger partial charge in [-0.1, -0.05) is 6.07 Å². The zero-order valence-electron chi connectivity index (χ0n) is 15.5. The van der Waals surface area contributed by atoms with E-state index in [-0.39, 0.29) is 12.0 Å². The Labute approximate surface area is 157 Å². The quantitative estimate of drug-likeness (QED) is 0.702. The number of rotatable bonds is 4. The second-order valence-electron chi connectivity index (χ2n) is 6.85. The first-order valence-corrected chi connectivity index (χ1v) is 9.12. The molecule has 27 heavy (non-hydrogen) atoms. The molecule has 0 saturated carbocycles. The third kappa shape index (κ3) is 3.66. The molecule has 0 radical (unpaired) electrons. The van der Waals surface area contributed by atoms with Crippen LogP contribution in [0.25, 0.3) is 5.78 Å². The monoisotopic (exact) mass is 366 g/mol. The summed E-state index contributed by atoms with van der Waals surface area (Å²) in [7, 11) is 0. The van der Waals surface area contributed by atoms with Gasteiger partial charge >= 0.3 is 0 Å². The van der Waals surface area contributed by atoms with E-state index in [2.05, 4.69) is 20.2 Å². The predicted molar refractivity (Wildman–Crippen MR) is 98.2 cm³/mol. The Morgan fingerprint density at radius 2 is 2.19 bits per heavy atom. The average molecular weight is 366 g/mol. The van der Waals surface area contributed by atoms with Crippen molar-refractivity contribution in [3.63, 3.8) is 0 Å². The molecule has 0 bridgehead atoms. The van der Waals surface area contributed by atoms with E-state index in [4.69, 9.17) is 4.74 Å². The van der Waals surface area contributed by atoms with E-state index < -0.39 is 0 Å². The smallest absolute Gasteiger partial charge is 0.292 e. The summed E-state index contributed by atoms with van der Waals surface area (Å²) < 4.78 is 7.70. The molecule has 1 atom stereocenters. The van der Waals surface area contributed by atoms with E-state index in [0.717, 1.165) is 29.9 Å². The Bertz CT molecular complexity index is 955. The Hall–Kier alpha value is -2.87. The lowest BCUT2D eigenvalue weighted by molar-refractivity contribution is -0.00822. The number of nitrogens with zero attached hydrogens (tertiary/aromatic N) is 6. The van der Waals surface area contributed by atoms with Gasteiger partial charge in [0.05, 0.1) is 18.4 Å². The van der Waals surface area contributed by atoms with Crippen molar-refractivity contribution in [3.8, 4) is 0 Å². The minimum absolute atomic E-state index is 0.00893. The van der Waals surface area contributed by atoms with Crippen LogP contribution in [0.1, 0.15) is 40.5 Å². The second kappa shape index (κ2) is 7.40. The molecule has 4 heterocycles. The fourth-order valence-electron chi connectivity index (χ4n) is 3.46. The van der Waals surface area contributed by atoms with Crippen molar-refractivity contribution >= 4 is 11.7 Å². The summed E-state index contributed by atoms with van der Waals surface area (Å²) in [6.45, 7) is 5.51. The van der Waals surface area contributed by atoms with Gasteiger partial charge in [-0.15, -0.1) is 10.2 Å². The summed E-state index contributed by atoms with van der Waals surface area (Å²) >= 11 is 0. The van der Waals surface area contributed by atoms with Crippen molar-refractivity contribution in [2.75, 3.05) is 13.1 Å². The lowest BCUT2D eigenvalue weighted by atomic mass is 10.1. The number of likely N-dealkylation sites (tertiary alicyclic amines) is 1. The van der Waals surface area contributed by atoms with Crippen LogP contribution in [0.4, 0.5) is 0 Å². The van der Waals surface area contributed by atoms with Crippen LogP contribution in [0.15, 0.2) is 30.5 Å². The fraction of sp³-hybridized carbons (Fsp3) is 0.421. The molecule has 1 aliphatic heterocycles. The van der Waals surface area contributed by atoms with E-state index in [1.54, 1.807) is 15.5 Å². The Balaban J connectivity index is 1.47. The molecule has 0 unspecified atom stereocenters. The Morgan fingerprint density at radius 1 is 1.30 bits per heavy atom. The maximum atomic E-state index is 13.0. The molecule has 4 rings (SSSR count). The van der Waals surface area contributed by atoms with Crippen molar-refractivity contribution in [1.82, 2.24) is 29.5 Å². The molecule has 0 spiro atoms. The number of hydrogen-bond donors (Lipinski definition) is 0. The van der Waals surface area contributed by atoms with Crippen molar-refractivity contribution in [3.05, 3.63) is 53.4 Å². The van der Waals surface area contributed by atoms with E-state index in [1.807, 2.05) is 38.1 Å². The van der Waals surface area contributed by atoms with Crippen LogP contribution < -0.4 is 0 Å². The summed E-state index contributed by atoms with van der Waals surface area (Å²) in [6, 6.07) is 7.68. The molecule has 8 heteroatoms. The van der Waals surface area contributed by atoms with Crippen LogP contribution in [0.3, 0.4) is 0 Å². The Kier molecular flexibility index (Phi) is 4.81. The van der Waals surface area contributed by atoms with Crippen LogP contribution in [0.2, 0.25) is 0 Å². The maximum Gasteiger partial charge on any atom is 0.292 e. The minimum Gasteiger partial charge on any atom is -0.370 e. The summed E-state index contributed by atoms with van der Waals surface area (Å²) in [5, 5.41) is 8.17. The zero-order valence-corrected chi connectivity index (χ0v) is 15.5. The van der Waals surface area contributed by atoms with E-state index in [0.29, 0.717) is 31.3 Å². The molecule has 0 aliphatic carbocycles. The minimum atomic E-state index is -0.137. The third-order valence-corrected chi connectivity index (χ3v) is 4.74. The van der Waals surface area contributed by atoms with Gasteiger partial charge in [0.2, 0.25) is 5.82 Å². The van der Waals surface area contributed by atoms with Gasteiger partial charge in [0.1, 0.15) is 0 Å². The van der Waals surface area contributed by atoms with Crippen LogP contribution in [0, 0.1) is 13.8 Å². The lowest BCUT2D eigenvalue weighted by Gasteiger charge is -2.32. The summed E-state index contributed by atoms with van der Waals surface area (Å²) in [5.74, 6) is 0.624. The number of carbonyl (C=O) groups excluding carboxylic acids is 1. The lowest BCUT2D eigenvalue weighted by Crippen LogP contribution is -2.43. The number of piperidine rings is 1. The van der Waals surface area contributed by atoms with E-state index in [9.17, 15) is 4.79 Å². The number of aromatic nitrogens is 5. The van der Waals surface area contributed by atoms with Crippen molar-refractivity contribution in [2.24, 2.45) is 0 Å². The number of ether oxygens (including phenoxy) is 1. The Morgan fingerprint density at radius 3 is 3.00 bits per heavy atom. The number of hydrogen-bond acceptors (Lipinski definition) is 6. The number of aryl methyl sites for hydroxylation is 2. The van der Waals surface area contributed by atoms with Crippen LogP contribution in [0.5, 0.6) is 0 Å². The van der Waals surface area contributed by atoms with Crippen LogP contribution in [-0.2, 0) is 11.3 Å². The highest BCUT2D eigenvalue weighted by atomic mass is 16.5. The van der Waals surface area contributed by atoms with Gasteiger partial charge in [-0.05, 0) is 44.9 Å². The van der Waals surface area contributed by atoms with Crippen molar-refractivity contribution in [1.29, 1.82) is 0 Å². The summed E-state index contributed by atoms with van der Waals surface area (Å²) in [5.41, 5.74) is 2.64. The predicted octanol–water partition coefficient (Wildman–Crippen LogP) is 1.96. The number of amides is 1. The standard InChI is InChI=1S/C19H22N6O2/c1-13-10-14(2)25-17(22-23-19(25)21-13)18(26)24-9-5-7-16(11-24)27-12-15-6-3-4-8-20-15/h3-4,6,8,10,16H,5,7,9,11-12H2,1-2H3/t16-/m0/s1.